The number of rotatable bonds is 5. The second kappa shape index (κ2) is 6.78. The standard InChI is InChI=1S/C18H21N5O3/c24-18(21-14-4-5-14)12-3-6-15(16(10-12)23(25)26)22-9-1-2-13(11-22)17-19-7-8-20-17/h3,6-8,10,13-14H,1-2,4-5,9,11H2,(H,19,20)(H,21,24). The minimum atomic E-state index is -0.403. The van der Waals surface area contributed by atoms with Gasteiger partial charge in [0.05, 0.1) is 4.92 Å². The normalized spacial score (nSPS) is 20.0. The highest BCUT2D eigenvalue weighted by Gasteiger charge is 2.29. The first-order chi connectivity index (χ1) is 12.6. The molecule has 2 aliphatic rings. The number of hydrogen-bond acceptors (Lipinski definition) is 5. The highest BCUT2D eigenvalue weighted by atomic mass is 16.6. The summed E-state index contributed by atoms with van der Waals surface area (Å²) in [7, 11) is 0. The van der Waals surface area contributed by atoms with Crippen LogP contribution in [0.15, 0.2) is 30.6 Å². The van der Waals surface area contributed by atoms with Crippen molar-refractivity contribution in [3.8, 4) is 0 Å². The zero-order valence-electron chi connectivity index (χ0n) is 14.4. The molecular formula is C18H21N5O3. The van der Waals surface area contributed by atoms with Gasteiger partial charge in [0.2, 0.25) is 0 Å². The lowest BCUT2D eigenvalue weighted by Gasteiger charge is -2.33. The molecule has 2 N–H and O–H groups in total. The number of carbonyl (C=O) groups excluding carboxylic acids is 1. The average molecular weight is 355 g/mol. The largest absolute Gasteiger partial charge is 0.365 e. The molecule has 26 heavy (non-hydrogen) atoms. The molecule has 0 bridgehead atoms. The van der Waals surface area contributed by atoms with Gasteiger partial charge in [0.1, 0.15) is 11.5 Å². The molecule has 8 heteroatoms. The summed E-state index contributed by atoms with van der Waals surface area (Å²) in [6, 6.07) is 4.99. The van der Waals surface area contributed by atoms with E-state index in [0.717, 1.165) is 38.1 Å². The topological polar surface area (TPSA) is 104 Å². The highest BCUT2D eigenvalue weighted by molar-refractivity contribution is 5.96. The Balaban J connectivity index is 1.58. The van der Waals surface area contributed by atoms with Crippen molar-refractivity contribution >= 4 is 17.3 Å². The first-order valence-corrected chi connectivity index (χ1v) is 8.95. The number of nitro benzene ring substituents is 1. The molecule has 0 spiro atoms. The number of aromatic nitrogens is 2. The Kier molecular flexibility index (Phi) is 4.32. The summed E-state index contributed by atoms with van der Waals surface area (Å²) in [6.07, 6.45) is 7.42. The third-order valence-corrected chi connectivity index (χ3v) is 5.02. The van der Waals surface area contributed by atoms with E-state index in [0.29, 0.717) is 17.8 Å². The summed E-state index contributed by atoms with van der Waals surface area (Å²) in [5.41, 5.74) is 0.884. The van der Waals surface area contributed by atoms with Crippen molar-refractivity contribution in [3.05, 3.63) is 52.1 Å². The van der Waals surface area contributed by atoms with Gasteiger partial charge in [-0.1, -0.05) is 0 Å². The van der Waals surface area contributed by atoms with E-state index in [4.69, 9.17) is 0 Å². The molecule has 2 aromatic rings. The van der Waals surface area contributed by atoms with E-state index in [1.807, 2.05) is 4.90 Å². The van der Waals surface area contributed by atoms with Gasteiger partial charge in [-0.25, -0.2) is 4.98 Å². The van der Waals surface area contributed by atoms with E-state index in [-0.39, 0.29) is 23.6 Å². The Hall–Kier alpha value is -2.90. The first-order valence-electron chi connectivity index (χ1n) is 8.95. The lowest BCUT2D eigenvalue weighted by atomic mass is 9.96. The number of nitro groups is 1. The number of nitrogens with one attached hydrogen (secondary N) is 2. The van der Waals surface area contributed by atoms with E-state index in [1.54, 1.807) is 24.5 Å². The number of aromatic amines is 1. The van der Waals surface area contributed by atoms with E-state index < -0.39 is 4.92 Å². The molecule has 1 saturated carbocycles. The minimum absolute atomic E-state index is 0.0199. The molecule has 1 unspecified atom stereocenters. The molecule has 2 heterocycles. The minimum Gasteiger partial charge on any atom is -0.365 e. The Labute approximate surface area is 150 Å². The number of benzene rings is 1. The van der Waals surface area contributed by atoms with Crippen LogP contribution >= 0.6 is 0 Å². The van der Waals surface area contributed by atoms with Crippen LogP contribution in [0, 0.1) is 10.1 Å². The van der Waals surface area contributed by atoms with Gasteiger partial charge in [-0.2, -0.15) is 0 Å². The molecule has 0 radical (unpaired) electrons. The highest BCUT2D eigenvalue weighted by Crippen LogP contribution is 2.34. The van der Waals surface area contributed by atoms with Crippen molar-refractivity contribution < 1.29 is 9.72 Å². The van der Waals surface area contributed by atoms with Crippen LogP contribution in [-0.2, 0) is 0 Å². The second-order valence-electron chi connectivity index (χ2n) is 6.97. The summed E-state index contributed by atoms with van der Waals surface area (Å²) < 4.78 is 0. The zero-order valence-corrected chi connectivity index (χ0v) is 14.4. The number of hydrogen-bond donors (Lipinski definition) is 2. The Morgan fingerprint density at radius 3 is 2.88 bits per heavy atom. The molecule has 1 aliphatic carbocycles. The SMILES string of the molecule is O=C(NC1CC1)c1ccc(N2CCCC(c3ncc[nH]3)C2)c([N+](=O)[O-])c1. The van der Waals surface area contributed by atoms with Gasteiger partial charge in [-0.3, -0.25) is 14.9 Å². The number of carbonyl (C=O) groups is 1. The summed E-state index contributed by atoms with van der Waals surface area (Å²) in [5, 5.41) is 14.5. The van der Waals surface area contributed by atoms with Gasteiger partial charge in [0, 0.05) is 49.1 Å². The maximum Gasteiger partial charge on any atom is 0.293 e. The average Bonchev–Trinajstić information content (AvgIpc) is 3.30. The summed E-state index contributed by atoms with van der Waals surface area (Å²) >= 11 is 0. The van der Waals surface area contributed by atoms with Crippen LogP contribution in [0.25, 0.3) is 0 Å². The van der Waals surface area contributed by atoms with Crippen LogP contribution in [0.3, 0.4) is 0 Å². The van der Waals surface area contributed by atoms with Gasteiger partial charge in [0.25, 0.3) is 11.6 Å². The van der Waals surface area contributed by atoms with Crippen LogP contribution in [0.4, 0.5) is 11.4 Å². The van der Waals surface area contributed by atoms with E-state index >= 15 is 0 Å². The lowest BCUT2D eigenvalue weighted by Crippen LogP contribution is -2.35. The van der Waals surface area contributed by atoms with Crippen molar-refractivity contribution in [3.63, 3.8) is 0 Å². The lowest BCUT2D eigenvalue weighted by molar-refractivity contribution is -0.384. The van der Waals surface area contributed by atoms with Crippen LogP contribution in [0.5, 0.6) is 0 Å². The molecule has 2 fully saturated rings. The molecule has 1 aromatic carbocycles. The molecule has 1 saturated heterocycles. The molecule has 4 rings (SSSR count). The predicted molar refractivity (Wildman–Crippen MR) is 96.4 cm³/mol. The molecule has 1 aromatic heterocycles. The zero-order chi connectivity index (χ0) is 18.1. The van der Waals surface area contributed by atoms with Crippen molar-refractivity contribution in [2.24, 2.45) is 0 Å². The first kappa shape index (κ1) is 16.6. The quantitative estimate of drug-likeness (QED) is 0.634. The predicted octanol–water partition coefficient (Wildman–Crippen LogP) is 2.59. The fourth-order valence-electron chi connectivity index (χ4n) is 3.49. The van der Waals surface area contributed by atoms with E-state index in [9.17, 15) is 14.9 Å². The monoisotopic (exact) mass is 355 g/mol. The van der Waals surface area contributed by atoms with Crippen molar-refractivity contribution in [2.75, 3.05) is 18.0 Å². The summed E-state index contributed by atoms with van der Waals surface area (Å²) in [5.74, 6) is 0.892. The fraction of sp³-hybridized carbons (Fsp3) is 0.444. The fourth-order valence-corrected chi connectivity index (χ4v) is 3.49. The van der Waals surface area contributed by atoms with Gasteiger partial charge in [0.15, 0.2) is 0 Å². The molecular weight excluding hydrogens is 334 g/mol. The maximum atomic E-state index is 12.2. The maximum absolute atomic E-state index is 12.2. The van der Waals surface area contributed by atoms with Gasteiger partial charge in [-0.15, -0.1) is 0 Å². The van der Waals surface area contributed by atoms with Crippen LogP contribution < -0.4 is 10.2 Å². The van der Waals surface area contributed by atoms with Crippen LogP contribution in [0.2, 0.25) is 0 Å². The van der Waals surface area contributed by atoms with Gasteiger partial charge >= 0.3 is 0 Å². The molecule has 136 valence electrons. The van der Waals surface area contributed by atoms with Crippen LogP contribution in [-0.4, -0.2) is 39.9 Å². The summed E-state index contributed by atoms with van der Waals surface area (Å²) in [6.45, 7) is 1.42. The second-order valence-corrected chi connectivity index (χ2v) is 6.97. The third kappa shape index (κ3) is 3.40. The smallest absolute Gasteiger partial charge is 0.293 e. The van der Waals surface area contributed by atoms with Crippen molar-refractivity contribution in [1.29, 1.82) is 0 Å². The number of piperidine rings is 1. The third-order valence-electron chi connectivity index (χ3n) is 5.02. The number of anilines is 1. The summed E-state index contributed by atoms with van der Waals surface area (Å²) in [4.78, 5) is 32.9. The Morgan fingerprint density at radius 2 is 2.19 bits per heavy atom. The van der Waals surface area contributed by atoms with E-state index in [2.05, 4.69) is 15.3 Å². The number of H-pyrrole nitrogens is 1. The Bertz CT molecular complexity index is 816. The number of amides is 1. The van der Waals surface area contributed by atoms with Crippen LogP contribution in [0.1, 0.15) is 47.8 Å². The van der Waals surface area contributed by atoms with Gasteiger partial charge in [-0.05, 0) is 37.8 Å². The Morgan fingerprint density at radius 1 is 1.35 bits per heavy atom. The molecule has 1 aliphatic heterocycles. The molecule has 1 amide bonds. The number of nitrogens with zero attached hydrogens (tertiary/aromatic N) is 3. The van der Waals surface area contributed by atoms with Crippen molar-refractivity contribution in [2.45, 2.75) is 37.6 Å². The van der Waals surface area contributed by atoms with Crippen molar-refractivity contribution in [1.82, 2.24) is 15.3 Å². The molecule has 1 atom stereocenters. The number of imidazole rings is 1. The van der Waals surface area contributed by atoms with Gasteiger partial charge < -0.3 is 15.2 Å². The van der Waals surface area contributed by atoms with E-state index in [1.165, 1.54) is 6.07 Å². The molecule has 8 nitrogen and oxygen atoms in total.